The number of hydrogen-bond acceptors (Lipinski definition) is 7. The molecule has 0 aromatic carbocycles. The van der Waals surface area contributed by atoms with Gasteiger partial charge in [-0.3, -0.25) is 0 Å². The molecule has 3 aliphatic rings. The van der Waals surface area contributed by atoms with Crippen molar-refractivity contribution in [3.05, 3.63) is 11.6 Å². The van der Waals surface area contributed by atoms with E-state index in [-0.39, 0.29) is 23.2 Å². The van der Waals surface area contributed by atoms with Crippen LogP contribution in [0.4, 0.5) is 0 Å². The van der Waals surface area contributed by atoms with Crippen molar-refractivity contribution in [2.24, 2.45) is 0 Å². The lowest BCUT2D eigenvalue weighted by atomic mass is 10.0. The second kappa shape index (κ2) is 6.93. The molecule has 27 heavy (non-hydrogen) atoms. The van der Waals surface area contributed by atoms with E-state index in [4.69, 9.17) is 28.1 Å². The van der Waals surface area contributed by atoms with Gasteiger partial charge in [0.15, 0.2) is 26.5 Å². The Hall–Kier alpha value is -0.773. The summed E-state index contributed by atoms with van der Waals surface area (Å²) in [4.78, 5) is 12.0. The highest BCUT2D eigenvalue weighted by Gasteiger charge is 2.59. The first kappa shape index (κ1) is 20.9. The molecule has 0 aromatic heterocycles. The van der Waals surface area contributed by atoms with Crippen LogP contribution in [0, 0.1) is 0 Å². The first-order chi connectivity index (χ1) is 12.3. The lowest BCUT2D eigenvalue weighted by Gasteiger charge is -2.37. The third kappa shape index (κ3) is 4.01. The molecule has 5 atom stereocenters. The summed E-state index contributed by atoms with van der Waals surface area (Å²) in [5.41, 5.74) is 0.777. The number of cyclic esters (lactones) is 1. The summed E-state index contributed by atoms with van der Waals surface area (Å²) in [6, 6.07) is 0. The predicted molar refractivity (Wildman–Crippen MR) is 101 cm³/mol. The summed E-state index contributed by atoms with van der Waals surface area (Å²) in [7, 11) is -0.396. The number of hydrogen-bond donors (Lipinski definition) is 0. The van der Waals surface area contributed by atoms with Crippen LogP contribution in [0.25, 0.3) is 0 Å². The van der Waals surface area contributed by atoms with E-state index in [9.17, 15) is 4.79 Å². The van der Waals surface area contributed by atoms with Crippen molar-refractivity contribution in [1.29, 1.82) is 0 Å². The summed E-state index contributed by atoms with van der Waals surface area (Å²) in [5, 5.41) is 0.0784. The zero-order valence-corrected chi connectivity index (χ0v) is 18.5. The maximum atomic E-state index is 12.0. The molecule has 0 bridgehead atoms. The minimum Gasteiger partial charge on any atom is -0.452 e. The van der Waals surface area contributed by atoms with Crippen LogP contribution in [-0.2, 0) is 32.9 Å². The topological polar surface area (TPSA) is 72.5 Å². The van der Waals surface area contributed by atoms with Gasteiger partial charge in [-0.2, -0.15) is 0 Å². The van der Waals surface area contributed by atoms with Gasteiger partial charge in [0, 0.05) is 18.8 Å². The SMILES string of the molecule is CO[C@H]1O[C@H]([C@H]2OC(=O)C=C2CO[Si](C)(C)C(C)(C)C)[C@@H]2OC(C)(C)O[C@H]12. The van der Waals surface area contributed by atoms with Crippen LogP contribution >= 0.6 is 0 Å². The molecule has 3 rings (SSSR count). The molecule has 7 nitrogen and oxygen atoms in total. The minimum absolute atomic E-state index is 0.0784. The van der Waals surface area contributed by atoms with E-state index in [1.807, 2.05) is 13.8 Å². The van der Waals surface area contributed by atoms with Crippen LogP contribution < -0.4 is 0 Å². The number of carbonyl (C=O) groups is 1. The molecule has 0 amide bonds. The van der Waals surface area contributed by atoms with Crippen LogP contribution in [0.2, 0.25) is 18.1 Å². The van der Waals surface area contributed by atoms with Crippen molar-refractivity contribution in [2.75, 3.05) is 13.7 Å². The van der Waals surface area contributed by atoms with Gasteiger partial charge in [0.1, 0.15) is 18.3 Å². The summed E-state index contributed by atoms with van der Waals surface area (Å²) in [6.45, 7) is 15.0. The summed E-state index contributed by atoms with van der Waals surface area (Å²) >= 11 is 0. The Morgan fingerprint density at radius 1 is 1.15 bits per heavy atom. The number of esters is 1. The lowest BCUT2D eigenvalue weighted by molar-refractivity contribution is -0.235. The van der Waals surface area contributed by atoms with E-state index >= 15 is 0 Å². The quantitative estimate of drug-likeness (QED) is 0.519. The molecule has 154 valence electrons. The molecule has 0 aliphatic carbocycles. The molecule has 2 fully saturated rings. The summed E-state index contributed by atoms with van der Waals surface area (Å²) in [5.74, 6) is -1.12. The van der Waals surface area contributed by atoms with Crippen LogP contribution in [0.15, 0.2) is 11.6 Å². The van der Waals surface area contributed by atoms with Crippen molar-refractivity contribution >= 4 is 14.3 Å². The number of carbonyl (C=O) groups excluding carboxylic acids is 1. The Balaban J connectivity index is 1.76. The van der Waals surface area contributed by atoms with Gasteiger partial charge in [0.05, 0.1) is 6.61 Å². The predicted octanol–water partition coefficient (Wildman–Crippen LogP) is 2.75. The van der Waals surface area contributed by atoms with Crippen molar-refractivity contribution < 1.29 is 32.9 Å². The normalized spacial score (nSPS) is 35.9. The average molecular weight is 401 g/mol. The molecule has 8 heteroatoms. The first-order valence-electron chi connectivity index (χ1n) is 9.43. The lowest BCUT2D eigenvalue weighted by Crippen LogP contribution is -2.44. The van der Waals surface area contributed by atoms with E-state index in [1.165, 1.54) is 6.08 Å². The third-order valence-corrected chi connectivity index (χ3v) is 10.4. The number of methoxy groups -OCH3 is 1. The zero-order chi connectivity index (χ0) is 20.2. The van der Waals surface area contributed by atoms with E-state index in [0.29, 0.717) is 6.61 Å². The van der Waals surface area contributed by atoms with Crippen molar-refractivity contribution in [1.82, 2.24) is 0 Å². The molecule has 0 unspecified atom stereocenters. The highest BCUT2D eigenvalue weighted by Crippen LogP contribution is 2.43. The van der Waals surface area contributed by atoms with E-state index in [0.717, 1.165) is 5.57 Å². The fraction of sp³-hybridized carbons (Fsp3) is 0.842. The van der Waals surface area contributed by atoms with Gasteiger partial charge in [-0.1, -0.05) is 20.8 Å². The Morgan fingerprint density at radius 2 is 1.78 bits per heavy atom. The van der Waals surface area contributed by atoms with Gasteiger partial charge >= 0.3 is 5.97 Å². The van der Waals surface area contributed by atoms with E-state index < -0.39 is 32.6 Å². The standard InChI is InChI=1S/C19H32O7Si/c1-18(2,3)27(7,8)22-10-11-9-12(20)23-13(11)14-15-16(17(21-6)24-14)26-19(4,5)25-15/h9,13-17H,10H2,1-8H3/t13-,14+,15-,16-,17-/m0/s1. The fourth-order valence-corrected chi connectivity index (χ4v) is 4.34. The monoisotopic (exact) mass is 400 g/mol. The maximum absolute atomic E-state index is 12.0. The molecule has 0 spiro atoms. The van der Waals surface area contributed by atoms with Crippen molar-refractivity contribution in [3.63, 3.8) is 0 Å². The van der Waals surface area contributed by atoms with E-state index in [1.54, 1.807) is 7.11 Å². The second-order valence-electron chi connectivity index (χ2n) is 9.40. The fourth-order valence-electron chi connectivity index (χ4n) is 3.38. The minimum atomic E-state index is -1.96. The van der Waals surface area contributed by atoms with Gasteiger partial charge in [-0.15, -0.1) is 0 Å². The molecular weight excluding hydrogens is 368 g/mol. The smallest absolute Gasteiger partial charge is 0.331 e. The van der Waals surface area contributed by atoms with Gasteiger partial charge in [-0.25, -0.2) is 4.79 Å². The molecule has 3 heterocycles. The van der Waals surface area contributed by atoms with Crippen LogP contribution in [0.5, 0.6) is 0 Å². The van der Waals surface area contributed by atoms with Crippen LogP contribution in [0.3, 0.4) is 0 Å². The molecule has 3 aliphatic heterocycles. The van der Waals surface area contributed by atoms with Crippen molar-refractivity contribution in [2.45, 2.75) is 89.2 Å². The van der Waals surface area contributed by atoms with E-state index in [2.05, 4.69) is 33.9 Å². The van der Waals surface area contributed by atoms with Crippen LogP contribution in [0.1, 0.15) is 34.6 Å². The highest BCUT2D eigenvalue weighted by molar-refractivity contribution is 6.74. The Kier molecular flexibility index (Phi) is 5.38. The number of rotatable bonds is 5. The highest BCUT2D eigenvalue weighted by atomic mass is 28.4. The molecule has 0 N–H and O–H groups in total. The second-order valence-corrected chi connectivity index (χ2v) is 14.2. The molecule has 0 aromatic rings. The first-order valence-corrected chi connectivity index (χ1v) is 12.3. The summed E-state index contributed by atoms with van der Waals surface area (Å²) in [6.07, 6.45) is -0.857. The van der Waals surface area contributed by atoms with Gasteiger partial charge < -0.3 is 28.1 Å². The molecule has 0 radical (unpaired) electrons. The molecule has 0 saturated carbocycles. The average Bonchev–Trinajstić information content (AvgIpc) is 3.14. The third-order valence-electron chi connectivity index (χ3n) is 5.90. The Labute approximate surface area is 162 Å². The maximum Gasteiger partial charge on any atom is 0.331 e. The van der Waals surface area contributed by atoms with Crippen molar-refractivity contribution in [3.8, 4) is 0 Å². The van der Waals surface area contributed by atoms with Crippen LogP contribution in [-0.4, -0.2) is 64.5 Å². The van der Waals surface area contributed by atoms with Gasteiger partial charge in [0.25, 0.3) is 0 Å². The zero-order valence-electron chi connectivity index (χ0n) is 17.5. The summed E-state index contributed by atoms with van der Waals surface area (Å²) < 4.78 is 35.2. The number of fused-ring (bicyclic) bond motifs is 1. The molecular formula is C19H32O7Si. The molecule has 2 saturated heterocycles. The Bertz CT molecular complexity index is 622. The van der Waals surface area contributed by atoms with Gasteiger partial charge in [-0.05, 0) is 32.0 Å². The Morgan fingerprint density at radius 3 is 2.37 bits per heavy atom. The van der Waals surface area contributed by atoms with Gasteiger partial charge in [0.2, 0.25) is 0 Å². The largest absolute Gasteiger partial charge is 0.452 e. The number of ether oxygens (including phenoxy) is 5.